The van der Waals surface area contributed by atoms with Gasteiger partial charge in [-0.15, -0.1) is 0 Å². The number of benzene rings is 3. The second-order valence-electron chi connectivity index (χ2n) is 6.74. The van der Waals surface area contributed by atoms with Crippen LogP contribution in [0.3, 0.4) is 0 Å². The number of carbonyl (C=O) groups is 1. The maximum Gasteiger partial charge on any atom is 0.277 e. The summed E-state index contributed by atoms with van der Waals surface area (Å²) in [4.78, 5) is 11.9. The molecule has 0 fully saturated rings. The second kappa shape index (κ2) is 11.4. The number of nitrogens with one attached hydrogen (secondary N) is 1. The van der Waals surface area contributed by atoms with Gasteiger partial charge in [0.25, 0.3) is 5.91 Å². The molecule has 0 heterocycles. The molecule has 3 aromatic rings. The third-order valence-electron chi connectivity index (χ3n) is 4.38. The molecule has 5 nitrogen and oxygen atoms in total. The Morgan fingerprint density at radius 2 is 1.50 bits per heavy atom. The van der Waals surface area contributed by atoms with Gasteiger partial charge in [0, 0.05) is 0 Å². The Kier molecular flexibility index (Phi) is 8.03. The van der Waals surface area contributed by atoms with Crippen molar-refractivity contribution in [1.29, 1.82) is 0 Å². The average Bonchev–Trinajstić information content (AvgIpc) is 2.80. The molecule has 0 aliphatic carbocycles. The van der Waals surface area contributed by atoms with Crippen LogP contribution in [-0.4, -0.2) is 25.3 Å². The van der Waals surface area contributed by atoms with Gasteiger partial charge in [0.15, 0.2) is 6.61 Å². The van der Waals surface area contributed by atoms with E-state index in [9.17, 15) is 4.79 Å². The first-order valence-corrected chi connectivity index (χ1v) is 10.1. The smallest absolute Gasteiger partial charge is 0.277 e. The molecule has 3 aromatic carbocycles. The van der Waals surface area contributed by atoms with Crippen LogP contribution >= 0.6 is 0 Å². The van der Waals surface area contributed by atoms with Crippen molar-refractivity contribution in [3.63, 3.8) is 0 Å². The predicted octanol–water partition coefficient (Wildman–Crippen LogP) is 5.06. The van der Waals surface area contributed by atoms with Crippen LogP contribution < -0.4 is 14.9 Å². The van der Waals surface area contributed by atoms with E-state index in [1.54, 1.807) is 6.21 Å². The Bertz CT molecular complexity index is 936. The molecule has 0 bridgehead atoms. The highest BCUT2D eigenvalue weighted by molar-refractivity contribution is 5.83. The molecule has 0 aromatic heterocycles. The molecule has 1 amide bonds. The first kappa shape index (κ1) is 21.1. The Morgan fingerprint density at radius 3 is 2.20 bits per heavy atom. The van der Waals surface area contributed by atoms with Crippen LogP contribution in [0.15, 0.2) is 84.0 Å². The minimum absolute atomic E-state index is 0.105. The monoisotopic (exact) mass is 402 g/mol. The molecule has 154 valence electrons. The third kappa shape index (κ3) is 6.78. The maximum absolute atomic E-state index is 11.9. The van der Waals surface area contributed by atoms with Gasteiger partial charge >= 0.3 is 0 Å². The van der Waals surface area contributed by atoms with Crippen molar-refractivity contribution < 1.29 is 14.3 Å². The van der Waals surface area contributed by atoms with Crippen molar-refractivity contribution in [2.75, 3.05) is 13.2 Å². The minimum atomic E-state index is -0.321. The number of hydrogen-bond acceptors (Lipinski definition) is 4. The zero-order valence-corrected chi connectivity index (χ0v) is 17.1. The summed E-state index contributed by atoms with van der Waals surface area (Å²) < 4.78 is 11.1. The van der Waals surface area contributed by atoms with Crippen LogP contribution in [0, 0.1) is 0 Å². The van der Waals surface area contributed by atoms with Gasteiger partial charge in [0.2, 0.25) is 0 Å². The Balaban J connectivity index is 1.41. The Morgan fingerprint density at radius 1 is 0.867 bits per heavy atom. The highest BCUT2D eigenvalue weighted by atomic mass is 16.5. The molecule has 0 saturated carbocycles. The van der Waals surface area contributed by atoms with E-state index in [0.717, 1.165) is 41.9 Å². The van der Waals surface area contributed by atoms with Gasteiger partial charge in [-0.1, -0.05) is 55.8 Å². The SMILES string of the molecule is CCCCOc1ccc(/C=N/NC(=O)COc2ccc(-c3ccccc3)cc2)cc1. The fourth-order valence-electron chi connectivity index (χ4n) is 2.72. The molecule has 30 heavy (non-hydrogen) atoms. The van der Waals surface area contributed by atoms with Gasteiger partial charge in [-0.2, -0.15) is 5.10 Å². The molecule has 0 spiro atoms. The van der Waals surface area contributed by atoms with Crippen LogP contribution in [-0.2, 0) is 4.79 Å². The van der Waals surface area contributed by atoms with E-state index in [2.05, 4.69) is 17.5 Å². The quantitative estimate of drug-likeness (QED) is 0.293. The third-order valence-corrected chi connectivity index (χ3v) is 4.38. The molecule has 0 aliphatic heterocycles. The normalized spacial score (nSPS) is 10.7. The largest absolute Gasteiger partial charge is 0.494 e. The summed E-state index contributed by atoms with van der Waals surface area (Å²) in [5, 5.41) is 3.97. The number of rotatable bonds is 10. The molecule has 0 unspecified atom stereocenters. The van der Waals surface area contributed by atoms with Crippen molar-refractivity contribution >= 4 is 12.1 Å². The average molecular weight is 402 g/mol. The van der Waals surface area contributed by atoms with E-state index in [1.807, 2.05) is 78.9 Å². The van der Waals surface area contributed by atoms with E-state index in [0.29, 0.717) is 5.75 Å². The molecule has 0 saturated heterocycles. The summed E-state index contributed by atoms with van der Waals surface area (Å²) in [7, 11) is 0. The second-order valence-corrected chi connectivity index (χ2v) is 6.74. The number of ether oxygens (including phenoxy) is 2. The topological polar surface area (TPSA) is 59.9 Å². The first-order chi connectivity index (χ1) is 14.7. The number of unbranched alkanes of at least 4 members (excludes halogenated alkanes) is 1. The molecular weight excluding hydrogens is 376 g/mol. The van der Waals surface area contributed by atoms with Crippen molar-refractivity contribution in [2.24, 2.45) is 5.10 Å². The van der Waals surface area contributed by atoms with Gasteiger partial charge in [-0.3, -0.25) is 4.79 Å². The van der Waals surface area contributed by atoms with E-state index >= 15 is 0 Å². The van der Waals surface area contributed by atoms with Gasteiger partial charge in [0.1, 0.15) is 11.5 Å². The predicted molar refractivity (Wildman–Crippen MR) is 120 cm³/mol. The summed E-state index contributed by atoms with van der Waals surface area (Å²) in [6.07, 6.45) is 3.73. The lowest BCUT2D eigenvalue weighted by Gasteiger charge is -2.07. The van der Waals surface area contributed by atoms with Gasteiger partial charge in [-0.05, 0) is 59.5 Å². The number of amides is 1. The molecule has 0 atom stereocenters. The van der Waals surface area contributed by atoms with E-state index < -0.39 is 0 Å². The molecule has 3 rings (SSSR count). The van der Waals surface area contributed by atoms with Crippen LogP contribution in [0.1, 0.15) is 25.3 Å². The molecule has 0 aliphatic rings. The van der Waals surface area contributed by atoms with Crippen LogP contribution in [0.2, 0.25) is 0 Å². The van der Waals surface area contributed by atoms with Crippen LogP contribution in [0.4, 0.5) is 0 Å². The summed E-state index contributed by atoms with van der Waals surface area (Å²) in [6.45, 7) is 2.74. The van der Waals surface area contributed by atoms with Crippen molar-refractivity contribution in [3.8, 4) is 22.6 Å². The van der Waals surface area contributed by atoms with Crippen molar-refractivity contribution in [2.45, 2.75) is 19.8 Å². The van der Waals surface area contributed by atoms with Crippen LogP contribution in [0.5, 0.6) is 11.5 Å². The fraction of sp³-hybridized carbons (Fsp3) is 0.200. The minimum Gasteiger partial charge on any atom is -0.494 e. The maximum atomic E-state index is 11.9. The number of nitrogens with zero attached hydrogens (tertiary/aromatic N) is 1. The summed E-state index contributed by atoms with van der Waals surface area (Å²) in [5.41, 5.74) is 5.57. The van der Waals surface area contributed by atoms with E-state index in [1.165, 1.54) is 0 Å². The summed E-state index contributed by atoms with van der Waals surface area (Å²) in [6, 6.07) is 25.3. The zero-order valence-electron chi connectivity index (χ0n) is 17.1. The summed E-state index contributed by atoms with van der Waals surface area (Å²) >= 11 is 0. The summed E-state index contributed by atoms with van der Waals surface area (Å²) in [5.74, 6) is 1.14. The van der Waals surface area contributed by atoms with Gasteiger partial charge in [0.05, 0.1) is 12.8 Å². The van der Waals surface area contributed by atoms with Crippen LogP contribution in [0.25, 0.3) is 11.1 Å². The Labute approximate surface area is 177 Å². The number of hydrogen-bond donors (Lipinski definition) is 1. The highest BCUT2D eigenvalue weighted by Crippen LogP contribution is 2.21. The van der Waals surface area contributed by atoms with E-state index in [4.69, 9.17) is 9.47 Å². The van der Waals surface area contributed by atoms with Gasteiger partial charge in [-0.25, -0.2) is 5.43 Å². The van der Waals surface area contributed by atoms with Crippen molar-refractivity contribution in [3.05, 3.63) is 84.4 Å². The Hall–Kier alpha value is -3.60. The lowest BCUT2D eigenvalue weighted by atomic mass is 10.1. The standard InChI is InChI=1S/C25H26N2O3/c1-2-3-17-29-23-13-9-20(10-14-23)18-26-27-25(28)19-30-24-15-11-22(12-16-24)21-7-5-4-6-8-21/h4-16,18H,2-3,17,19H2,1H3,(H,27,28)/b26-18+. The van der Waals surface area contributed by atoms with Gasteiger partial charge < -0.3 is 9.47 Å². The number of carbonyl (C=O) groups excluding carboxylic acids is 1. The zero-order chi connectivity index (χ0) is 21.0. The molecule has 1 N–H and O–H groups in total. The first-order valence-electron chi connectivity index (χ1n) is 10.1. The fourth-order valence-corrected chi connectivity index (χ4v) is 2.72. The van der Waals surface area contributed by atoms with Crippen molar-refractivity contribution in [1.82, 2.24) is 5.43 Å². The lowest BCUT2D eigenvalue weighted by molar-refractivity contribution is -0.123. The molecule has 5 heteroatoms. The van der Waals surface area contributed by atoms with E-state index in [-0.39, 0.29) is 12.5 Å². The lowest BCUT2D eigenvalue weighted by Crippen LogP contribution is -2.24. The molecular formula is C25H26N2O3. The molecule has 0 radical (unpaired) electrons. The number of hydrazone groups is 1. The highest BCUT2D eigenvalue weighted by Gasteiger charge is 2.02.